The van der Waals surface area contributed by atoms with E-state index in [0.29, 0.717) is 37.9 Å². The van der Waals surface area contributed by atoms with E-state index >= 15 is 0 Å². The van der Waals surface area contributed by atoms with Crippen LogP contribution in [0.2, 0.25) is 0 Å². The molecule has 0 atom stereocenters. The van der Waals surface area contributed by atoms with Gasteiger partial charge in [0.05, 0.1) is 17.1 Å². The molecule has 0 spiro atoms. The molecule has 0 saturated heterocycles. The van der Waals surface area contributed by atoms with Crippen LogP contribution in [0.15, 0.2) is 23.1 Å². The average Bonchev–Trinajstić information content (AvgIpc) is 2.64. The monoisotopic (exact) mass is 393 g/mol. The summed E-state index contributed by atoms with van der Waals surface area (Å²) in [6.45, 7) is 1.64. The highest BCUT2D eigenvalue weighted by Gasteiger charge is 2.51. The molecule has 148 valence electrons. The third kappa shape index (κ3) is 3.45. The molecule has 6 rings (SSSR count). The second kappa shape index (κ2) is 6.64. The molecule has 0 radical (unpaired) electrons. The Morgan fingerprint density at radius 1 is 1.00 bits per heavy atom. The summed E-state index contributed by atoms with van der Waals surface area (Å²) in [4.78, 5) is 0.196. The van der Waals surface area contributed by atoms with Crippen molar-refractivity contribution in [2.45, 2.75) is 49.0 Å². The van der Waals surface area contributed by atoms with Gasteiger partial charge in [0, 0.05) is 12.6 Å². The molecule has 1 aliphatic heterocycles. The minimum absolute atomic E-state index is 0.0111. The van der Waals surface area contributed by atoms with Crippen molar-refractivity contribution < 1.29 is 22.6 Å². The molecule has 0 unspecified atom stereocenters. The lowest BCUT2D eigenvalue weighted by Crippen LogP contribution is -2.52. The summed E-state index contributed by atoms with van der Waals surface area (Å²) in [5.74, 6) is 3.54. The lowest BCUT2D eigenvalue weighted by molar-refractivity contribution is -0.160. The molecule has 27 heavy (non-hydrogen) atoms. The van der Waals surface area contributed by atoms with Gasteiger partial charge in [-0.05, 0) is 68.4 Å². The van der Waals surface area contributed by atoms with Crippen molar-refractivity contribution in [2.75, 3.05) is 26.4 Å². The molecule has 1 heterocycles. The quantitative estimate of drug-likeness (QED) is 0.753. The maximum Gasteiger partial charge on any atom is 0.240 e. The fraction of sp³-hybridized carbons (Fsp3) is 0.700. The number of benzene rings is 1. The van der Waals surface area contributed by atoms with Gasteiger partial charge in [-0.1, -0.05) is 0 Å². The van der Waals surface area contributed by atoms with E-state index in [0.717, 1.165) is 37.0 Å². The molecule has 1 aromatic rings. The normalized spacial score (nSPS) is 34.0. The molecule has 0 aromatic heterocycles. The Hall–Kier alpha value is -1.31. The fourth-order valence-corrected chi connectivity index (χ4v) is 6.95. The Labute approximate surface area is 160 Å². The van der Waals surface area contributed by atoms with Gasteiger partial charge >= 0.3 is 0 Å². The summed E-state index contributed by atoms with van der Waals surface area (Å²) in [6, 6.07) is 4.72. The Balaban J connectivity index is 1.18. The van der Waals surface area contributed by atoms with E-state index in [9.17, 15) is 8.42 Å². The predicted molar refractivity (Wildman–Crippen MR) is 99.5 cm³/mol. The first-order chi connectivity index (χ1) is 13.0. The highest BCUT2D eigenvalue weighted by Crippen LogP contribution is 2.57. The van der Waals surface area contributed by atoms with E-state index in [1.807, 2.05) is 0 Å². The Kier molecular flexibility index (Phi) is 4.37. The summed E-state index contributed by atoms with van der Waals surface area (Å²) >= 11 is 0. The van der Waals surface area contributed by atoms with E-state index in [2.05, 4.69) is 4.72 Å². The smallest absolute Gasteiger partial charge is 0.240 e. The zero-order valence-corrected chi connectivity index (χ0v) is 16.3. The fourth-order valence-electron chi connectivity index (χ4n) is 5.93. The summed E-state index contributed by atoms with van der Waals surface area (Å²) in [7, 11) is -3.59. The first-order valence-corrected chi connectivity index (χ1v) is 11.5. The molecule has 4 aliphatic carbocycles. The first kappa shape index (κ1) is 17.8. The number of fused-ring (bicyclic) bond motifs is 1. The van der Waals surface area contributed by atoms with Crippen LogP contribution in [-0.2, 0) is 14.8 Å². The second-order valence-corrected chi connectivity index (χ2v) is 10.4. The largest absolute Gasteiger partial charge is 0.486 e. The van der Waals surface area contributed by atoms with Gasteiger partial charge in [-0.25, -0.2) is 13.1 Å². The number of sulfonamides is 1. The highest BCUT2D eigenvalue weighted by molar-refractivity contribution is 7.89. The number of hydrogen-bond acceptors (Lipinski definition) is 5. The maximum atomic E-state index is 12.6. The number of ether oxygens (including phenoxy) is 3. The van der Waals surface area contributed by atoms with Crippen LogP contribution >= 0.6 is 0 Å². The molecular weight excluding hydrogens is 366 g/mol. The summed E-state index contributed by atoms with van der Waals surface area (Å²) in [6.07, 6.45) is 7.60. The Bertz CT molecular complexity index is 786. The van der Waals surface area contributed by atoms with Gasteiger partial charge in [0.2, 0.25) is 10.0 Å². The molecular formula is C20H27NO5S. The van der Waals surface area contributed by atoms with Crippen LogP contribution in [0, 0.1) is 17.8 Å². The number of nitrogens with one attached hydrogen (secondary N) is 1. The number of rotatable bonds is 6. The van der Waals surface area contributed by atoms with E-state index in [1.165, 1.54) is 25.3 Å². The van der Waals surface area contributed by atoms with Crippen LogP contribution in [0.1, 0.15) is 38.5 Å². The van der Waals surface area contributed by atoms with E-state index in [4.69, 9.17) is 14.2 Å². The van der Waals surface area contributed by atoms with Crippen LogP contribution in [0.25, 0.3) is 0 Å². The zero-order valence-electron chi connectivity index (χ0n) is 15.5. The van der Waals surface area contributed by atoms with Crippen LogP contribution in [0.4, 0.5) is 0 Å². The van der Waals surface area contributed by atoms with Crippen molar-refractivity contribution >= 4 is 10.0 Å². The average molecular weight is 394 g/mol. The van der Waals surface area contributed by atoms with Crippen LogP contribution in [-0.4, -0.2) is 40.4 Å². The Morgan fingerprint density at radius 2 is 1.63 bits per heavy atom. The first-order valence-electron chi connectivity index (χ1n) is 10.0. The number of hydrogen-bond donors (Lipinski definition) is 1. The van der Waals surface area contributed by atoms with Crippen molar-refractivity contribution in [1.29, 1.82) is 0 Å². The molecule has 6 nitrogen and oxygen atoms in total. The predicted octanol–water partition coefficient (Wildman–Crippen LogP) is 2.72. The van der Waals surface area contributed by atoms with Crippen molar-refractivity contribution in [2.24, 2.45) is 17.8 Å². The molecule has 4 bridgehead atoms. The maximum absolute atomic E-state index is 12.6. The molecule has 1 N–H and O–H groups in total. The molecule has 4 saturated carbocycles. The van der Waals surface area contributed by atoms with E-state index < -0.39 is 10.0 Å². The summed E-state index contributed by atoms with van der Waals surface area (Å²) in [5, 5.41) is 0. The van der Waals surface area contributed by atoms with Crippen molar-refractivity contribution in [3.63, 3.8) is 0 Å². The lowest BCUT2D eigenvalue weighted by atomic mass is 9.54. The summed E-state index contributed by atoms with van der Waals surface area (Å²) in [5.41, 5.74) is 0.0111. The molecule has 5 aliphatic rings. The minimum Gasteiger partial charge on any atom is -0.486 e. The van der Waals surface area contributed by atoms with Crippen molar-refractivity contribution in [1.82, 2.24) is 4.72 Å². The molecule has 4 fully saturated rings. The third-order valence-corrected chi connectivity index (χ3v) is 8.07. The van der Waals surface area contributed by atoms with E-state index in [-0.39, 0.29) is 10.5 Å². The summed E-state index contributed by atoms with van der Waals surface area (Å²) < 4.78 is 45.0. The highest BCUT2D eigenvalue weighted by atomic mass is 32.2. The van der Waals surface area contributed by atoms with Crippen molar-refractivity contribution in [3.05, 3.63) is 18.2 Å². The molecule has 1 aromatic carbocycles. The molecule has 0 amide bonds. The van der Waals surface area contributed by atoms with E-state index in [1.54, 1.807) is 12.1 Å². The second-order valence-electron chi connectivity index (χ2n) is 8.65. The standard InChI is InChI=1S/C20H27NO5S/c22-27(23,17-1-2-18-19(10-17)25-6-5-24-18)21-3-4-26-20-11-14-7-15(12-20)9-16(8-14)13-20/h1-2,10,14-16,21H,3-9,11-13H2. The van der Waals surface area contributed by atoms with Gasteiger partial charge in [0.25, 0.3) is 0 Å². The van der Waals surface area contributed by atoms with Gasteiger partial charge in [-0.3, -0.25) is 0 Å². The van der Waals surface area contributed by atoms with Crippen LogP contribution < -0.4 is 14.2 Å². The van der Waals surface area contributed by atoms with Gasteiger partial charge in [0.1, 0.15) is 13.2 Å². The van der Waals surface area contributed by atoms with Crippen LogP contribution in [0.3, 0.4) is 0 Å². The zero-order chi connectivity index (χ0) is 18.5. The van der Waals surface area contributed by atoms with Gasteiger partial charge in [-0.2, -0.15) is 0 Å². The third-order valence-electron chi connectivity index (χ3n) is 6.61. The Morgan fingerprint density at radius 3 is 2.30 bits per heavy atom. The lowest BCUT2D eigenvalue weighted by Gasteiger charge is -2.56. The van der Waals surface area contributed by atoms with Gasteiger partial charge < -0.3 is 14.2 Å². The topological polar surface area (TPSA) is 73.9 Å². The van der Waals surface area contributed by atoms with Crippen molar-refractivity contribution in [3.8, 4) is 11.5 Å². The van der Waals surface area contributed by atoms with Crippen LogP contribution in [0.5, 0.6) is 11.5 Å². The minimum atomic E-state index is -3.59. The SMILES string of the molecule is O=S(=O)(NCCOC12CC3CC(CC(C3)C1)C2)c1ccc2c(c1)OCCO2. The van der Waals surface area contributed by atoms with Gasteiger partial charge in [-0.15, -0.1) is 0 Å². The molecule has 7 heteroatoms. The van der Waals surface area contributed by atoms with Gasteiger partial charge in [0.15, 0.2) is 11.5 Å².